The molecule has 0 unspecified atom stereocenters. The van der Waals surface area contributed by atoms with Gasteiger partial charge in [-0.25, -0.2) is 8.42 Å². The molecule has 0 saturated heterocycles. The van der Waals surface area contributed by atoms with Gasteiger partial charge in [-0.1, -0.05) is 0 Å². The van der Waals surface area contributed by atoms with Crippen LogP contribution in [-0.2, 0) is 14.6 Å². The molecule has 0 bridgehead atoms. The van der Waals surface area contributed by atoms with E-state index in [4.69, 9.17) is 11.6 Å². The van der Waals surface area contributed by atoms with Crippen molar-refractivity contribution in [3.8, 4) is 0 Å². The van der Waals surface area contributed by atoms with Crippen LogP contribution in [0.25, 0.3) is 0 Å². The number of sulfone groups is 1. The van der Waals surface area contributed by atoms with Gasteiger partial charge in [0, 0.05) is 12.7 Å². The summed E-state index contributed by atoms with van der Waals surface area (Å²) in [6, 6.07) is 0. The predicted molar refractivity (Wildman–Crippen MR) is 44.7 cm³/mol. The highest BCUT2D eigenvalue weighted by molar-refractivity contribution is 7.90. The summed E-state index contributed by atoms with van der Waals surface area (Å²) in [4.78, 5) is 10.6. The zero-order valence-electron chi connectivity index (χ0n) is 6.34. The van der Waals surface area contributed by atoms with Crippen molar-refractivity contribution in [2.24, 2.45) is 0 Å². The van der Waals surface area contributed by atoms with Crippen LogP contribution < -0.4 is 0 Å². The van der Waals surface area contributed by atoms with Crippen LogP contribution in [0.3, 0.4) is 0 Å². The van der Waals surface area contributed by atoms with Crippen molar-refractivity contribution in [1.82, 2.24) is 0 Å². The van der Waals surface area contributed by atoms with Gasteiger partial charge in [-0.15, -0.1) is 11.6 Å². The first-order chi connectivity index (χ1) is 4.95. The molecule has 0 aromatic heterocycles. The fraction of sp³-hybridized carbons (Fsp3) is 0.833. The molecular weight excluding hydrogens is 188 g/mol. The molecule has 0 aliphatic carbocycles. The van der Waals surface area contributed by atoms with Gasteiger partial charge in [-0.3, -0.25) is 4.79 Å². The molecule has 0 N–H and O–H groups in total. The van der Waals surface area contributed by atoms with Gasteiger partial charge in [0.2, 0.25) is 0 Å². The van der Waals surface area contributed by atoms with E-state index >= 15 is 0 Å². The van der Waals surface area contributed by atoms with E-state index < -0.39 is 9.84 Å². The number of carbonyl (C=O) groups excluding carboxylic acids is 1. The summed E-state index contributed by atoms with van der Waals surface area (Å²) in [6.07, 6.45) is 1.79. The average Bonchev–Trinajstić information content (AvgIpc) is 1.85. The third-order valence-corrected chi connectivity index (χ3v) is 2.45. The number of ketones is 1. The van der Waals surface area contributed by atoms with Crippen molar-refractivity contribution in [2.45, 2.75) is 12.8 Å². The monoisotopic (exact) mass is 198 g/mol. The van der Waals surface area contributed by atoms with Crippen molar-refractivity contribution in [3.63, 3.8) is 0 Å². The molecule has 0 spiro atoms. The van der Waals surface area contributed by atoms with Gasteiger partial charge in [0.25, 0.3) is 0 Å². The molecule has 3 nitrogen and oxygen atoms in total. The molecule has 0 aromatic carbocycles. The maximum Gasteiger partial charge on any atom is 0.147 e. The number of alkyl halides is 1. The lowest BCUT2D eigenvalue weighted by Gasteiger charge is -1.95. The largest absolute Gasteiger partial charge is 0.298 e. The minimum atomic E-state index is -2.92. The summed E-state index contributed by atoms with van der Waals surface area (Å²) >= 11 is 5.20. The molecule has 0 heterocycles. The smallest absolute Gasteiger partial charge is 0.147 e. The molecule has 0 aliphatic heterocycles. The highest BCUT2D eigenvalue weighted by Crippen LogP contribution is 1.96. The lowest BCUT2D eigenvalue weighted by Crippen LogP contribution is -2.06. The number of hydrogen-bond acceptors (Lipinski definition) is 3. The van der Waals surface area contributed by atoms with E-state index in [1.54, 1.807) is 0 Å². The Balaban J connectivity index is 3.51. The maximum absolute atomic E-state index is 10.6. The molecule has 0 saturated carbocycles. The second kappa shape index (κ2) is 4.72. The summed E-state index contributed by atoms with van der Waals surface area (Å²) in [5.41, 5.74) is 0. The van der Waals surface area contributed by atoms with Gasteiger partial charge in [0.05, 0.1) is 11.6 Å². The van der Waals surface area contributed by atoms with Crippen molar-refractivity contribution >= 4 is 27.2 Å². The fourth-order valence-electron chi connectivity index (χ4n) is 0.598. The highest BCUT2D eigenvalue weighted by atomic mass is 35.5. The van der Waals surface area contributed by atoms with Gasteiger partial charge >= 0.3 is 0 Å². The normalized spacial score (nSPS) is 11.5. The van der Waals surface area contributed by atoms with E-state index in [0.717, 1.165) is 6.26 Å². The number of carbonyl (C=O) groups is 1. The first-order valence-corrected chi connectivity index (χ1v) is 5.80. The van der Waals surface area contributed by atoms with Crippen molar-refractivity contribution < 1.29 is 13.2 Å². The predicted octanol–water partition coefficient (Wildman–Crippen LogP) is 0.619. The highest BCUT2D eigenvalue weighted by Gasteiger charge is 2.04. The molecule has 11 heavy (non-hydrogen) atoms. The zero-order valence-corrected chi connectivity index (χ0v) is 7.91. The Morgan fingerprint density at radius 2 is 2.00 bits per heavy atom. The van der Waals surface area contributed by atoms with Crippen LogP contribution in [0.15, 0.2) is 0 Å². The standard InChI is InChI=1S/C6H11ClO3S/c1-11(9,10)4-2-3-6(8)5-7/h2-5H2,1H3. The van der Waals surface area contributed by atoms with Gasteiger partial charge in [-0.05, 0) is 6.42 Å². The Labute approximate surface area is 71.7 Å². The first kappa shape index (κ1) is 10.9. The van der Waals surface area contributed by atoms with Crippen LogP contribution in [0.5, 0.6) is 0 Å². The summed E-state index contributed by atoms with van der Waals surface area (Å²) in [6.45, 7) is 0. The van der Waals surface area contributed by atoms with Crippen LogP contribution in [0.1, 0.15) is 12.8 Å². The van der Waals surface area contributed by atoms with Crippen LogP contribution in [0, 0.1) is 0 Å². The lowest BCUT2D eigenvalue weighted by atomic mass is 10.2. The summed E-state index contributed by atoms with van der Waals surface area (Å²) < 4.78 is 21.1. The molecule has 0 fully saturated rings. The van der Waals surface area contributed by atoms with Gasteiger partial charge in [0.1, 0.15) is 15.6 Å². The van der Waals surface area contributed by atoms with Crippen LogP contribution >= 0.6 is 11.6 Å². The minimum absolute atomic E-state index is 0.0240. The third kappa shape index (κ3) is 7.81. The quantitative estimate of drug-likeness (QED) is 0.609. The number of halogens is 1. The first-order valence-electron chi connectivity index (χ1n) is 3.21. The number of rotatable bonds is 5. The summed E-state index contributed by atoms with van der Waals surface area (Å²) in [7, 11) is -2.92. The summed E-state index contributed by atoms with van der Waals surface area (Å²) in [5.74, 6) is -0.0605. The Bertz CT molecular complexity index is 220. The van der Waals surface area contributed by atoms with Gasteiger partial charge in [-0.2, -0.15) is 0 Å². The summed E-state index contributed by atoms with van der Waals surface area (Å²) in [5, 5.41) is 0. The lowest BCUT2D eigenvalue weighted by molar-refractivity contribution is -0.116. The molecule has 66 valence electrons. The molecule has 0 aliphatic rings. The topological polar surface area (TPSA) is 51.2 Å². The molecule has 0 atom stereocenters. The molecule has 5 heteroatoms. The molecule has 0 rings (SSSR count). The van der Waals surface area contributed by atoms with Crippen LogP contribution in [0.2, 0.25) is 0 Å². The van der Waals surface area contributed by atoms with Crippen LogP contribution in [-0.4, -0.2) is 32.1 Å². The van der Waals surface area contributed by atoms with Crippen molar-refractivity contribution in [1.29, 1.82) is 0 Å². The van der Waals surface area contributed by atoms with Crippen molar-refractivity contribution in [3.05, 3.63) is 0 Å². The van der Waals surface area contributed by atoms with E-state index in [2.05, 4.69) is 0 Å². The third-order valence-electron chi connectivity index (χ3n) is 1.12. The average molecular weight is 199 g/mol. The molecular formula is C6H11ClO3S. The van der Waals surface area contributed by atoms with Gasteiger partial charge in [0.15, 0.2) is 0 Å². The van der Waals surface area contributed by atoms with Crippen molar-refractivity contribution in [2.75, 3.05) is 17.9 Å². The fourth-order valence-corrected chi connectivity index (χ4v) is 1.40. The number of Topliss-reactive ketones (excluding diaryl/α,β-unsaturated/α-hetero) is 1. The molecule has 0 radical (unpaired) electrons. The SMILES string of the molecule is CS(=O)(=O)CCCC(=O)CCl. The van der Waals surface area contributed by atoms with E-state index in [1.807, 2.05) is 0 Å². The Morgan fingerprint density at radius 3 is 2.36 bits per heavy atom. The Hall–Kier alpha value is -0.0900. The molecule has 0 aromatic rings. The van der Waals surface area contributed by atoms with E-state index in [-0.39, 0.29) is 23.8 Å². The van der Waals surface area contributed by atoms with E-state index in [0.29, 0.717) is 6.42 Å². The Kier molecular flexibility index (Phi) is 4.68. The van der Waals surface area contributed by atoms with E-state index in [9.17, 15) is 13.2 Å². The Morgan fingerprint density at radius 1 is 1.45 bits per heavy atom. The second-order valence-corrected chi connectivity index (χ2v) is 4.93. The van der Waals surface area contributed by atoms with Gasteiger partial charge < -0.3 is 0 Å². The molecule has 0 amide bonds. The second-order valence-electron chi connectivity index (χ2n) is 2.41. The number of hydrogen-bond donors (Lipinski definition) is 0. The minimum Gasteiger partial charge on any atom is -0.298 e. The maximum atomic E-state index is 10.6. The van der Waals surface area contributed by atoms with E-state index in [1.165, 1.54) is 0 Å². The van der Waals surface area contributed by atoms with Crippen LogP contribution in [0.4, 0.5) is 0 Å². The zero-order chi connectivity index (χ0) is 8.91.